The third-order valence-corrected chi connectivity index (χ3v) is 0. The van der Waals surface area contributed by atoms with Crippen molar-refractivity contribution in [3.8, 4) is 0 Å². The van der Waals surface area contributed by atoms with E-state index in [1.165, 1.54) is 0 Å². The second kappa shape index (κ2) is 377. The van der Waals surface area contributed by atoms with Gasteiger partial charge in [0.05, 0.1) is 59.3 Å². The van der Waals surface area contributed by atoms with E-state index in [4.69, 9.17) is 23.3 Å². The van der Waals surface area contributed by atoms with Gasteiger partial charge in [-0.3, -0.25) is 23.3 Å². The molecule has 12 heavy (non-hydrogen) atoms. The Kier molecular flexibility index (Phi) is 1490. The molecule has 0 saturated carbocycles. The molecule has 0 aliphatic carbocycles. The number of rotatable bonds is 0. The van der Waals surface area contributed by atoms with Crippen LogP contribution in [0.4, 0.5) is 0 Å². The molecule has 0 aromatic carbocycles. The van der Waals surface area contributed by atoms with Crippen molar-refractivity contribution in [1.29, 1.82) is 0 Å². The van der Waals surface area contributed by atoms with Crippen LogP contribution in [0.1, 0.15) is 0 Å². The van der Waals surface area contributed by atoms with Gasteiger partial charge in [-0.1, -0.05) is 0 Å². The summed E-state index contributed by atoms with van der Waals surface area (Å²) in [6.07, 6.45) is 0. The summed E-state index contributed by atoms with van der Waals surface area (Å²) in [5.74, 6) is 0. The molecule has 0 heterocycles. The highest BCUT2D eigenvalue weighted by molar-refractivity contribution is 6.05. The Balaban J connectivity index is -0.00000000500. The van der Waals surface area contributed by atoms with Crippen molar-refractivity contribution in [2.45, 2.75) is 0 Å². The molecule has 5 nitrogen and oxygen atoms in total. The van der Waals surface area contributed by atoms with Crippen molar-refractivity contribution in [2.24, 2.45) is 0 Å². The first-order valence-corrected chi connectivity index (χ1v) is 2.54. The van der Waals surface area contributed by atoms with E-state index in [1.54, 1.807) is 0 Å². The lowest BCUT2D eigenvalue weighted by Crippen LogP contribution is -0.913. The van der Waals surface area contributed by atoms with Crippen LogP contribution in [-0.4, -0.2) is 58.0 Å². The Bertz CT molecular complexity index is 17.8. The summed E-state index contributed by atoms with van der Waals surface area (Å²) in [7, 11) is 0. The molecule has 6 radical (unpaired) electrons. The first-order chi connectivity index (χ1) is 5.00. The molecule has 0 aromatic rings. The number of hydrogen-bond acceptors (Lipinski definition) is 5. The predicted molar refractivity (Wildman–Crippen MR) is 51.9 cm³/mol. The molecule has 0 rings (SSSR count). The van der Waals surface area contributed by atoms with Crippen LogP contribution in [0, 0.1) is 0 Å². The van der Waals surface area contributed by atoms with Gasteiger partial charge in [0.25, 0.3) is 0 Å². The van der Waals surface area contributed by atoms with Crippen molar-refractivity contribution >= 4 is 94.1 Å². The molecule has 0 bridgehead atoms. The van der Waals surface area contributed by atoms with E-state index in [9.17, 15) is 0 Å². The standard InChI is InChI=1S/2Al.5ClHO/c;;5*1-2/h;;5*2H. The molecule has 0 aliphatic heterocycles. The lowest BCUT2D eigenvalue weighted by atomic mass is 15.9. The summed E-state index contributed by atoms with van der Waals surface area (Å²) < 4.78 is 32.4. The normalized spacial score (nSPS) is 2.50. The van der Waals surface area contributed by atoms with Crippen LogP contribution in [0.2, 0.25) is 0 Å². The highest BCUT2D eigenvalue weighted by Gasteiger charge is 0.905. The molecular weight excluding hydrogens is 311 g/mol. The lowest BCUT2D eigenvalue weighted by Gasteiger charge is -1.13. The highest BCUT2D eigenvalue weighted by Crippen LogP contribution is 1.32. The smallest absolute Gasteiger partial charge is 0.0579 e. The van der Waals surface area contributed by atoms with Gasteiger partial charge in [0.15, 0.2) is 0 Å². The van der Waals surface area contributed by atoms with Crippen LogP contribution in [0.15, 0.2) is 0 Å². The van der Waals surface area contributed by atoms with Gasteiger partial charge in [-0.15, -0.1) is 0 Å². The van der Waals surface area contributed by atoms with Gasteiger partial charge in [0.2, 0.25) is 0 Å². The SMILES string of the molecule is OCl.OCl.OCl.OCl.OCl.[Al].[Al]. The van der Waals surface area contributed by atoms with Gasteiger partial charge >= 0.3 is 0 Å². The molecule has 0 saturated heterocycles. The Morgan fingerprint density at radius 3 is 0.333 bits per heavy atom. The number of hydrogen-bond donors (Lipinski definition) is 5. The fraction of sp³-hybridized carbons (Fsp3) is 0. The second-order valence-corrected chi connectivity index (χ2v) is 0. The van der Waals surface area contributed by atoms with Gasteiger partial charge < -0.3 is 0 Å². The third kappa shape index (κ3) is 294. The zero-order valence-electron chi connectivity index (χ0n) is 5.28. The van der Waals surface area contributed by atoms with Gasteiger partial charge in [-0.05, 0) is 0 Å². The van der Waals surface area contributed by atoms with Crippen LogP contribution >= 0.6 is 59.3 Å². The van der Waals surface area contributed by atoms with Gasteiger partial charge in [0.1, 0.15) is 0 Å². The minimum absolute atomic E-state index is 0. The maximum absolute atomic E-state index is 6.47. The van der Waals surface area contributed by atoms with Crippen molar-refractivity contribution in [1.82, 2.24) is 0 Å². The fourth-order valence-electron chi connectivity index (χ4n) is 0. The van der Waals surface area contributed by atoms with Gasteiger partial charge in [0, 0.05) is 34.7 Å². The average Bonchev–Trinajstić information content (AvgIpc) is 2.20. The van der Waals surface area contributed by atoms with E-state index in [2.05, 4.69) is 59.3 Å². The fourth-order valence-corrected chi connectivity index (χ4v) is 0. The zero-order chi connectivity index (χ0) is 10.0. The molecule has 0 unspecified atom stereocenters. The highest BCUT2D eigenvalue weighted by atomic mass is 35.5. The summed E-state index contributed by atoms with van der Waals surface area (Å²) >= 11 is 18.2. The summed E-state index contributed by atoms with van der Waals surface area (Å²) in [4.78, 5) is 0. The monoisotopic (exact) mass is 314 g/mol. The predicted octanol–water partition coefficient (Wildman–Crippen LogP) is -0.0991. The summed E-state index contributed by atoms with van der Waals surface area (Å²) in [6.45, 7) is 0. The topological polar surface area (TPSA) is 101 Å². The summed E-state index contributed by atoms with van der Waals surface area (Å²) in [5, 5.41) is 0. The van der Waals surface area contributed by atoms with Crippen molar-refractivity contribution < 1.29 is 23.3 Å². The Labute approximate surface area is 116 Å². The molecule has 0 aromatic heterocycles. The van der Waals surface area contributed by atoms with Crippen LogP contribution in [0.25, 0.3) is 0 Å². The van der Waals surface area contributed by atoms with E-state index in [0.717, 1.165) is 0 Å². The zero-order valence-corrected chi connectivity index (χ0v) is 11.4. The van der Waals surface area contributed by atoms with E-state index in [-0.39, 0.29) is 34.7 Å². The summed E-state index contributed by atoms with van der Waals surface area (Å²) in [5.41, 5.74) is 0. The lowest BCUT2D eigenvalue weighted by molar-refractivity contribution is 0.632. The maximum Gasteiger partial charge on any atom is 0.0579 e. The van der Waals surface area contributed by atoms with Crippen molar-refractivity contribution in [3.63, 3.8) is 0 Å². The van der Waals surface area contributed by atoms with E-state index in [1.807, 2.05) is 0 Å². The minimum atomic E-state index is 0. The van der Waals surface area contributed by atoms with E-state index < -0.39 is 0 Å². The molecule has 76 valence electrons. The van der Waals surface area contributed by atoms with Crippen molar-refractivity contribution in [3.05, 3.63) is 0 Å². The molecule has 0 aliphatic rings. The molecular formula is H5Al2Cl5O5. The molecule has 0 atom stereocenters. The number of halogens is 5. The van der Waals surface area contributed by atoms with Gasteiger partial charge in [-0.2, -0.15) is 0 Å². The van der Waals surface area contributed by atoms with E-state index in [0.29, 0.717) is 0 Å². The van der Waals surface area contributed by atoms with Crippen LogP contribution in [0.3, 0.4) is 0 Å². The van der Waals surface area contributed by atoms with Crippen LogP contribution < -0.4 is 0 Å². The Hall–Kier alpha value is 2.31. The minimum Gasteiger partial charge on any atom is -0.295 e. The largest absolute Gasteiger partial charge is 0.295 e. The first kappa shape index (κ1) is 47.4. The van der Waals surface area contributed by atoms with Crippen LogP contribution in [0.5, 0.6) is 0 Å². The first-order valence-electron chi connectivity index (χ1n) is 0.845. The quantitative estimate of drug-likeness (QED) is 0.402. The molecule has 5 N–H and O–H groups in total. The molecule has 0 amide bonds. The third-order valence-electron chi connectivity index (χ3n) is 0. The van der Waals surface area contributed by atoms with Crippen molar-refractivity contribution in [2.75, 3.05) is 0 Å². The van der Waals surface area contributed by atoms with E-state index >= 15 is 0 Å². The summed E-state index contributed by atoms with van der Waals surface area (Å²) in [6, 6.07) is 0. The second-order valence-electron chi connectivity index (χ2n) is 0. The molecule has 0 spiro atoms. The Morgan fingerprint density at radius 2 is 0.333 bits per heavy atom. The molecule has 12 heteroatoms. The average molecular weight is 316 g/mol. The van der Waals surface area contributed by atoms with Crippen LogP contribution in [-0.2, 0) is 0 Å². The molecule has 0 fully saturated rings. The maximum atomic E-state index is 6.47. The van der Waals surface area contributed by atoms with Gasteiger partial charge in [-0.25, -0.2) is 0 Å². The Morgan fingerprint density at radius 1 is 0.333 bits per heavy atom.